The Balaban J connectivity index is 1.84. The van der Waals surface area contributed by atoms with Gasteiger partial charge in [0.2, 0.25) is 0 Å². The summed E-state index contributed by atoms with van der Waals surface area (Å²) in [5.74, 6) is 0.382. The van der Waals surface area contributed by atoms with E-state index < -0.39 is 0 Å². The number of benzene rings is 3. The Labute approximate surface area is 269 Å². The number of nitrogens with zero attached hydrogens (tertiary/aromatic N) is 4. The average molecular weight is 637 g/mol. The summed E-state index contributed by atoms with van der Waals surface area (Å²) in [7, 11) is 7.32. The number of rotatable bonds is 11. The molecule has 0 amide bonds. The van der Waals surface area contributed by atoms with E-state index in [0.29, 0.717) is 10.2 Å². The first-order valence-electron chi connectivity index (χ1n) is 13.9. The highest BCUT2D eigenvalue weighted by Crippen LogP contribution is 2.41. The van der Waals surface area contributed by atoms with Crippen LogP contribution in [-0.2, 0) is 0 Å². The molecule has 3 rings (SSSR count). The van der Waals surface area contributed by atoms with Gasteiger partial charge in [-0.05, 0) is 67.5 Å². The highest BCUT2D eigenvalue weighted by molar-refractivity contribution is 8.76. The van der Waals surface area contributed by atoms with E-state index in [4.69, 9.17) is 34.6 Å². The van der Waals surface area contributed by atoms with Crippen LogP contribution < -0.4 is 15.8 Å². The molecule has 0 atom stereocenters. The van der Waals surface area contributed by atoms with E-state index in [1.54, 1.807) is 21.6 Å². The van der Waals surface area contributed by atoms with Crippen LogP contribution in [0.15, 0.2) is 98.9 Å². The molecular formula is C32H40N6S4. The van der Waals surface area contributed by atoms with Gasteiger partial charge in [-0.25, -0.2) is 0 Å². The fourth-order valence-corrected chi connectivity index (χ4v) is 6.59. The number of nitrogens with one attached hydrogen (secondary N) is 2. The lowest BCUT2D eigenvalue weighted by Gasteiger charge is -2.21. The summed E-state index contributed by atoms with van der Waals surface area (Å²) in [4.78, 5) is 6.13. The average Bonchev–Trinajstić information content (AvgIpc) is 3.00. The van der Waals surface area contributed by atoms with Crippen molar-refractivity contribution in [3.8, 4) is 0 Å². The molecule has 10 heteroatoms. The Morgan fingerprint density at radius 1 is 0.690 bits per heavy atom. The number of thiocarbonyl (C=S) groups is 2. The third kappa shape index (κ3) is 9.29. The SMILES string of the molecule is CCN(C)C(=S)N/N=C(/c1ccccc1SSc1ccccc1/C(=N/NC(=S)N(C)c1ccccc1)C(C)C)C(C)C. The van der Waals surface area contributed by atoms with Gasteiger partial charge < -0.3 is 9.80 Å². The fraction of sp³-hybridized carbons (Fsp3) is 0.312. The lowest BCUT2D eigenvalue weighted by atomic mass is 10.0. The summed E-state index contributed by atoms with van der Waals surface area (Å²) in [5, 5.41) is 10.7. The second-order valence-corrected chi connectivity index (χ2v) is 13.2. The van der Waals surface area contributed by atoms with E-state index in [9.17, 15) is 0 Å². The molecule has 0 unspecified atom stereocenters. The van der Waals surface area contributed by atoms with E-state index >= 15 is 0 Å². The zero-order chi connectivity index (χ0) is 30.6. The molecule has 0 aliphatic rings. The maximum atomic E-state index is 5.65. The third-order valence-corrected chi connectivity index (χ3v) is 9.70. The van der Waals surface area contributed by atoms with Crippen LogP contribution in [0, 0.1) is 11.8 Å². The van der Waals surface area contributed by atoms with Crippen LogP contribution in [0.5, 0.6) is 0 Å². The minimum Gasteiger partial charge on any atom is -0.351 e. The van der Waals surface area contributed by atoms with Crippen molar-refractivity contribution in [2.45, 2.75) is 44.4 Å². The summed E-state index contributed by atoms with van der Waals surface area (Å²) in [6.45, 7) is 11.5. The van der Waals surface area contributed by atoms with Gasteiger partial charge in [-0.2, -0.15) is 10.2 Å². The second kappa shape index (κ2) is 16.6. The van der Waals surface area contributed by atoms with E-state index in [0.717, 1.165) is 44.6 Å². The molecule has 0 saturated heterocycles. The quantitative estimate of drug-likeness (QED) is 0.0950. The first kappa shape index (κ1) is 33.6. The third-order valence-electron chi connectivity index (χ3n) is 6.45. The van der Waals surface area contributed by atoms with Crippen LogP contribution in [0.25, 0.3) is 0 Å². The topological polar surface area (TPSA) is 55.3 Å². The molecule has 2 N–H and O–H groups in total. The minimum absolute atomic E-state index is 0.178. The predicted molar refractivity (Wildman–Crippen MR) is 192 cm³/mol. The van der Waals surface area contributed by atoms with Crippen molar-refractivity contribution in [2.75, 3.05) is 25.5 Å². The molecule has 222 valence electrons. The van der Waals surface area contributed by atoms with Gasteiger partial charge in [0, 0.05) is 47.2 Å². The standard InChI is InChI=1S/C32H40N6S4/c1-8-37(6)31(39)35-33-29(22(2)3)25-18-12-14-20-27(25)41-42-28-21-15-13-19-26(28)30(23(4)5)34-36-32(40)38(7)24-16-10-9-11-17-24/h9-23H,8H2,1-7H3,(H,35,39)(H,36,40)/b33-29+,34-30+. The molecule has 0 fully saturated rings. The Kier molecular flexibility index (Phi) is 13.3. The van der Waals surface area contributed by atoms with Gasteiger partial charge in [-0.1, -0.05) is 104 Å². The molecule has 0 bridgehead atoms. The van der Waals surface area contributed by atoms with Gasteiger partial charge in [0.25, 0.3) is 0 Å². The number of anilines is 1. The largest absolute Gasteiger partial charge is 0.351 e. The summed E-state index contributed by atoms with van der Waals surface area (Å²) in [6, 6.07) is 26.8. The van der Waals surface area contributed by atoms with E-state index in [1.807, 2.05) is 54.2 Å². The first-order chi connectivity index (χ1) is 20.1. The maximum absolute atomic E-state index is 5.65. The molecule has 0 heterocycles. The summed E-state index contributed by atoms with van der Waals surface area (Å²) in [5.41, 5.74) is 11.3. The van der Waals surface area contributed by atoms with Crippen molar-refractivity contribution in [1.29, 1.82) is 0 Å². The Morgan fingerprint density at radius 3 is 1.57 bits per heavy atom. The van der Waals surface area contributed by atoms with Crippen molar-refractivity contribution < 1.29 is 0 Å². The lowest BCUT2D eigenvalue weighted by Crippen LogP contribution is -2.35. The zero-order valence-electron chi connectivity index (χ0n) is 25.3. The normalized spacial score (nSPS) is 11.9. The van der Waals surface area contributed by atoms with E-state index in [1.165, 1.54) is 0 Å². The highest BCUT2D eigenvalue weighted by atomic mass is 33.1. The van der Waals surface area contributed by atoms with E-state index in [2.05, 4.69) is 94.0 Å². The molecule has 0 aliphatic heterocycles. The molecule has 3 aromatic rings. The Hall–Kier alpha value is -2.92. The van der Waals surface area contributed by atoms with Gasteiger partial charge >= 0.3 is 0 Å². The van der Waals surface area contributed by atoms with Crippen molar-refractivity contribution in [2.24, 2.45) is 22.0 Å². The predicted octanol–water partition coefficient (Wildman–Crippen LogP) is 8.04. The number of hydrogen-bond donors (Lipinski definition) is 2. The first-order valence-corrected chi connectivity index (χ1v) is 16.9. The van der Waals surface area contributed by atoms with Crippen LogP contribution in [0.3, 0.4) is 0 Å². The van der Waals surface area contributed by atoms with Gasteiger partial charge in [0.1, 0.15) is 0 Å². The second-order valence-electron chi connectivity index (χ2n) is 10.2. The number of hydrazone groups is 2. The van der Waals surface area contributed by atoms with Crippen LogP contribution in [0.2, 0.25) is 0 Å². The molecule has 42 heavy (non-hydrogen) atoms. The van der Waals surface area contributed by atoms with Gasteiger partial charge in [-0.15, -0.1) is 0 Å². The smallest absolute Gasteiger partial charge is 0.193 e. The molecule has 0 saturated carbocycles. The van der Waals surface area contributed by atoms with Crippen LogP contribution in [-0.4, -0.2) is 47.2 Å². The molecule has 0 aliphatic carbocycles. The van der Waals surface area contributed by atoms with Crippen molar-refractivity contribution >= 4 is 73.4 Å². The molecule has 6 nitrogen and oxygen atoms in total. The maximum Gasteiger partial charge on any atom is 0.193 e. The molecule has 3 aromatic carbocycles. The minimum atomic E-state index is 0.178. The molecule has 0 spiro atoms. The van der Waals surface area contributed by atoms with Crippen LogP contribution >= 0.6 is 46.0 Å². The van der Waals surface area contributed by atoms with E-state index in [-0.39, 0.29) is 11.8 Å². The zero-order valence-corrected chi connectivity index (χ0v) is 28.6. The van der Waals surface area contributed by atoms with Crippen molar-refractivity contribution in [1.82, 2.24) is 15.8 Å². The van der Waals surface area contributed by atoms with Crippen LogP contribution in [0.1, 0.15) is 45.7 Å². The van der Waals surface area contributed by atoms with Gasteiger partial charge in [-0.3, -0.25) is 10.9 Å². The van der Waals surface area contributed by atoms with Crippen LogP contribution in [0.4, 0.5) is 5.69 Å². The molecular weight excluding hydrogens is 597 g/mol. The summed E-state index contributed by atoms with van der Waals surface area (Å²) >= 11 is 11.1. The fourth-order valence-electron chi connectivity index (χ4n) is 3.88. The van der Waals surface area contributed by atoms with Gasteiger partial charge in [0.05, 0.1) is 11.4 Å². The summed E-state index contributed by atoms with van der Waals surface area (Å²) in [6.07, 6.45) is 0. The Bertz CT molecular complexity index is 1400. The summed E-state index contributed by atoms with van der Waals surface area (Å²) < 4.78 is 0. The number of para-hydroxylation sites is 1. The van der Waals surface area contributed by atoms with Crippen molar-refractivity contribution in [3.63, 3.8) is 0 Å². The molecule has 0 aromatic heterocycles. The lowest BCUT2D eigenvalue weighted by molar-refractivity contribution is 0.524. The van der Waals surface area contributed by atoms with Gasteiger partial charge in [0.15, 0.2) is 10.2 Å². The molecule has 0 radical (unpaired) electrons. The Morgan fingerprint density at radius 2 is 1.12 bits per heavy atom. The van der Waals surface area contributed by atoms with Crippen molar-refractivity contribution in [3.05, 3.63) is 90.0 Å². The highest BCUT2D eigenvalue weighted by Gasteiger charge is 2.18. The number of hydrogen-bond acceptors (Lipinski definition) is 6. The monoisotopic (exact) mass is 636 g/mol.